The number of rotatable bonds is 4. The van der Waals surface area contributed by atoms with E-state index in [9.17, 15) is 9.59 Å². The number of fused-ring (bicyclic) bond motifs is 1. The van der Waals surface area contributed by atoms with Gasteiger partial charge in [-0.05, 0) is 73.1 Å². The van der Waals surface area contributed by atoms with E-state index in [0.717, 1.165) is 35.1 Å². The zero-order valence-electron chi connectivity index (χ0n) is 13.0. The summed E-state index contributed by atoms with van der Waals surface area (Å²) >= 11 is 2.18. The fourth-order valence-electron chi connectivity index (χ4n) is 3.02. The van der Waals surface area contributed by atoms with Crippen LogP contribution in [-0.4, -0.2) is 30.2 Å². The molecule has 2 heterocycles. The molecule has 23 heavy (non-hydrogen) atoms. The van der Waals surface area contributed by atoms with Gasteiger partial charge in [0.05, 0.1) is 12.1 Å². The number of carbonyl (C=O) groups excluding carboxylic acids is 1. The average Bonchev–Trinajstić information content (AvgIpc) is 3.03. The number of benzene rings is 1. The monoisotopic (exact) mass is 426 g/mol. The third-order valence-electron chi connectivity index (χ3n) is 4.15. The van der Waals surface area contributed by atoms with E-state index in [1.54, 1.807) is 13.1 Å². The number of esters is 1. The summed E-state index contributed by atoms with van der Waals surface area (Å²) in [5.41, 5.74) is 0.737. The third-order valence-corrected chi connectivity index (χ3v) is 4.83. The van der Waals surface area contributed by atoms with Crippen molar-refractivity contribution in [2.24, 2.45) is 5.92 Å². The number of hydrogen-bond donors (Lipinski definition) is 1. The van der Waals surface area contributed by atoms with Gasteiger partial charge in [-0.15, -0.1) is 0 Å². The lowest BCUT2D eigenvalue weighted by Crippen LogP contribution is -2.23. The van der Waals surface area contributed by atoms with E-state index in [2.05, 4.69) is 27.9 Å². The largest absolute Gasteiger partial charge is 0.462 e. The minimum atomic E-state index is -0.545. The van der Waals surface area contributed by atoms with Crippen LogP contribution in [-0.2, 0) is 11.3 Å². The lowest BCUT2D eigenvalue weighted by atomic mass is 10.1. The highest BCUT2D eigenvalue weighted by Gasteiger charge is 2.20. The Kier molecular flexibility index (Phi) is 5.01. The molecule has 0 saturated carbocycles. The van der Waals surface area contributed by atoms with Gasteiger partial charge in [-0.2, -0.15) is 0 Å². The van der Waals surface area contributed by atoms with Gasteiger partial charge in [0.2, 0.25) is 5.43 Å². The molecule has 1 atom stereocenters. The van der Waals surface area contributed by atoms with E-state index in [1.165, 1.54) is 0 Å². The molecule has 1 aliphatic rings. The van der Waals surface area contributed by atoms with Gasteiger partial charge >= 0.3 is 5.97 Å². The fourth-order valence-corrected chi connectivity index (χ4v) is 3.51. The Balaban J connectivity index is 2.14. The van der Waals surface area contributed by atoms with E-state index in [1.807, 2.05) is 22.8 Å². The van der Waals surface area contributed by atoms with Crippen molar-refractivity contribution in [1.29, 1.82) is 0 Å². The molecule has 0 radical (unpaired) electrons. The molecule has 1 saturated heterocycles. The van der Waals surface area contributed by atoms with E-state index in [0.29, 0.717) is 11.3 Å². The summed E-state index contributed by atoms with van der Waals surface area (Å²) in [6.45, 7) is 4.77. The Bertz CT molecular complexity index is 794. The van der Waals surface area contributed by atoms with Crippen molar-refractivity contribution in [3.63, 3.8) is 0 Å². The van der Waals surface area contributed by atoms with Crippen molar-refractivity contribution in [3.05, 3.63) is 43.8 Å². The summed E-state index contributed by atoms with van der Waals surface area (Å²) in [6, 6.07) is 5.77. The number of nitrogens with zero attached hydrogens (tertiary/aromatic N) is 1. The normalized spacial score (nSPS) is 17.6. The van der Waals surface area contributed by atoms with Crippen molar-refractivity contribution in [3.8, 4) is 0 Å². The molecule has 0 unspecified atom stereocenters. The molecule has 0 amide bonds. The van der Waals surface area contributed by atoms with Crippen LogP contribution in [0.25, 0.3) is 10.9 Å². The summed E-state index contributed by atoms with van der Waals surface area (Å²) in [5, 5.41) is 3.93. The van der Waals surface area contributed by atoms with Gasteiger partial charge in [-0.1, -0.05) is 0 Å². The molecule has 1 aliphatic heterocycles. The first-order chi connectivity index (χ1) is 11.1. The summed E-state index contributed by atoms with van der Waals surface area (Å²) in [7, 11) is 0. The molecule has 0 spiro atoms. The third kappa shape index (κ3) is 3.42. The lowest BCUT2D eigenvalue weighted by Gasteiger charge is -2.16. The van der Waals surface area contributed by atoms with Crippen LogP contribution in [0.5, 0.6) is 0 Å². The van der Waals surface area contributed by atoms with E-state index in [-0.39, 0.29) is 17.6 Å². The van der Waals surface area contributed by atoms with Crippen molar-refractivity contribution >= 4 is 39.5 Å². The smallest absolute Gasteiger partial charge is 0.343 e. The number of carbonyl (C=O) groups is 1. The first kappa shape index (κ1) is 16.4. The molecular weight excluding hydrogens is 407 g/mol. The highest BCUT2D eigenvalue weighted by atomic mass is 127. The van der Waals surface area contributed by atoms with Gasteiger partial charge in [-0.25, -0.2) is 4.79 Å². The van der Waals surface area contributed by atoms with Gasteiger partial charge in [0.25, 0.3) is 0 Å². The van der Waals surface area contributed by atoms with Gasteiger partial charge in [0, 0.05) is 21.7 Å². The quantitative estimate of drug-likeness (QED) is 0.603. The number of hydrogen-bond acceptors (Lipinski definition) is 4. The van der Waals surface area contributed by atoms with E-state index in [4.69, 9.17) is 4.74 Å². The SMILES string of the molecule is CCOC(=O)c1cn(C[C@H]2CCNC2)c2ccc(I)cc2c1=O. The van der Waals surface area contributed by atoms with Crippen LogP contribution in [0.1, 0.15) is 23.7 Å². The molecule has 3 rings (SSSR count). The van der Waals surface area contributed by atoms with Gasteiger partial charge in [0.1, 0.15) is 5.56 Å². The topological polar surface area (TPSA) is 60.3 Å². The maximum Gasteiger partial charge on any atom is 0.343 e. The molecule has 5 nitrogen and oxygen atoms in total. The maximum absolute atomic E-state index is 12.7. The first-order valence-corrected chi connectivity index (χ1v) is 8.88. The molecule has 2 aromatic rings. The lowest BCUT2D eigenvalue weighted by molar-refractivity contribution is 0.0524. The standard InChI is InChI=1S/C17H19IN2O3/c1-2-23-17(22)14-10-20(9-11-5-6-19-8-11)15-4-3-12(18)7-13(15)16(14)21/h3-4,7,10-11,19H,2,5-6,8-9H2,1H3/t11-/m0/s1. The summed E-state index contributed by atoms with van der Waals surface area (Å²) in [4.78, 5) is 24.8. The molecule has 1 aromatic heterocycles. The Morgan fingerprint density at radius 1 is 1.48 bits per heavy atom. The Morgan fingerprint density at radius 3 is 3.00 bits per heavy atom. The Hall–Kier alpha value is -1.41. The van der Waals surface area contributed by atoms with Crippen LogP contribution < -0.4 is 10.7 Å². The van der Waals surface area contributed by atoms with Crippen LogP contribution in [0, 0.1) is 9.49 Å². The van der Waals surface area contributed by atoms with Gasteiger partial charge < -0.3 is 14.6 Å². The molecular formula is C17H19IN2O3. The van der Waals surface area contributed by atoms with E-state index >= 15 is 0 Å². The van der Waals surface area contributed by atoms with Crippen LogP contribution in [0.2, 0.25) is 0 Å². The zero-order valence-corrected chi connectivity index (χ0v) is 15.1. The zero-order chi connectivity index (χ0) is 16.4. The van der Waals surface area contributed by atoms with Gasteiger partial charge in [0.15, 0.2) is 0 Å². The molecule has 122 valence electrons. The number of nitrogens with one attached hydrogen (secondary N) is 1. The summed E-state index contributed by atoms with van der Waals surface area (Å²) < 4.78 is 8.05. The van der Waals surface area contributed by atoms with E-state index < -0.39 is 5.97 Å². The van der Waals surface area contributed by atoms with Crippen molar-refractivity contribution in [2.45, 2.75) is 19.9 Å². The minimum Gasteiger partial charge on any atom is -0.462 e. The van der Waals surface area contributed by atoms with Crippen LogP contribution in [0.15, 0.2) is 29.2 Å². The van der Waals surface area contributed by atoms with Crippen molar-refractivity contribution < 1.29 is 9.53 Å². The number of halogens is 1. The van der Waals surface area contributed by atoms with Crippen LogP contribution in [0.3, 0.4) is 0 Å². The van der Waals surface area contributed by atoms with Crippen LogP contribution >= 0.6 is 22.6 Å². The minimum absolute atomic E-state index is 0.118. The maximum atomic E-state index is 12.7. The van der Waals surface area contributed by atoms with Gasteiger partial charge in [-0.3, -0.25) is 4.79 Å². The first-order valence-electron chi connectivity index (χ1n) is 7.80. The highest BCUT2D eigenvalue weighted by Crippen LogP contribution is 2.19. The predicted octanol–water partition coefficient (Wildman–Crippen LogP) is 2.39. The van der Waals surface area contributed by atoms with Crippen LogP contribution in [0.4, 0.5) is 0 Å². The molecule has 1 aromatic carbocycles. The number of aromatic nitrogens is 1. The average molecular weight is 426 g/mol. The molecule has 1 N–H and O–H groups in total. The molecule has 0 bridgehead atoms. The second-order valence-corrected chi connectivity index (χ2v) is 7.01. The highest BCUT2D eigenvalue weighted by molar-refractivity contribution is 14.1. The number of pyridine rings is 1. The fraction of sp³-hybridized carbons (Fsp3) is 0.412. The second kappa shape index (κ2) is 7.00. The second-order valence-electron chi connectivity index (χ2n) is 5.77. The predicted molar refractivity (Wildman–Crippen MR) is 97.9 cm³/mol. The van der Waals surface area contributed by atoms with Crippen molar-refractivity contribution in [1.82, 2.24) is 9.88 Å². The Labute approximate surface area is 148 Å². The van der Waals surface area contributed by atoms with Crippen molar-refractivity contribution in [2.75, 3.05) is 19.7 Å². The molecule has 1 fully saturated rings. The molecule has 0 aliphatic carbocycles. The molecule has 6 heteroatoms. The Morgan fingerprint density at radius 2 is 2.30 bits per heavy atom. The number of ether oxygens (including phenoxy) is 1. The summed E-state index contributed by atoms with van der Waals surface area (Å²) in [6.07, 6.45) is 2.76. The summed E-state index contributed by atoms with van der Waals surface area (Å²) in [5.74, 6) is -0.0356.